The summed E-state index contributed by atoms with van der Waals surface area (Å²) < 4.78 is 10.5. The molecule has 0 aliphatic carbocycles. The second-order valence-corrected chi connectivity index (χ2v) is 3.81. The van der Waals surface area contributed by atoms with Crippen molar-refractivity contribution in [1.82, 2.24) is 0 Å². The lowest BCUT2D eigenvalue weighted by molar-refractivity contribution is 0.394. The molecule has 96 valence electrons. The molecule has 5 nitrogen and oxygen atoms in total. The lowest BCUT2D eigenvalue weighted by Crippen LogP contribution is -1.89. The number of hydrogen-bond donors (Lipinski definition) is 0. The summed E-state index contributed by atoms with van der Waals surface area (Å²) in [7, 11) is 3.19. The average Bonchev–Trinajstić information content (AvgIpc) is 2.47. The molecule has 2 aromatic carbocycles. The minimum absolute atomic E-state index is 0.570. The van der Waals surface area contributed by atoms with Crippen molar-refractivity contribution in [3.8, 4) is 22.6 Å². The van der Waals surface area contributed by atoms with E-state index in [-0.39, 0.29) is 0 Å². The molecule has 2 aromatic rings. The first-order valence-electron chi connectivity index (χ1n) is 5.66. The van der Waals surface area contributed by atoms with E-state index in [0.29, 0.717) is 17.2 Å². The standard InChI is InChI=1S/C14H13N3O2/c1-18-11-7-10(8-12(9-11)19-2)13-5-3-4-6-14(13)16-17-15/h3-9H,1-2H3. The molecular weight excluding hydrogens is 242 g/mol. The third-order valence-electron chi connectivity index (χ3n) is 2.72. The van der Waals surface area contributed by atoms with Crippen LogP contribution in [-0.4, -0.2) is 14.2 Å². The van der Waals surface area contributed by atoms with E-state index >= 15 is 0 Å². The maximum atomic E-state index is 8.60. The molecule has 19 heavy (non-hydrogen) atoms. The van der Waals surface area contributed by atoms with E-state index in [2.05, 4.69) is 10.0 Å². The van der Waals surface area contributed by atoms with Gasteiger partial charge in [-0.25, -0.2) is 0 Å². The molecule has 5 heteroatoms. The molecule has 0 saturated carbocycles. The molecule has 0 radical (unpaired) electrons. The van der Waals surface area contributed by atoms with E-state index in [9.17, 15) is 0 Å². The Kier molecular flexibility index (Phi) is 3.90. The molecule has 0 saturated heterocycles. The Hall–Kier alpha value is -2.65. The zero-order valence-electron chi connectivity index (χ0n) is 10.7. The van der Waals surface area contributed by atoms with Crippen molar-refractivity contribution < 1.29 is 9.47 Å². The van der Waals surface area contributed by atoms with Crippen LogP contribution >= 0.6 is 0 Å². The highest BCUT2D eigenvalue weighted by molar-refractivity contribution is 5.77. The molecule has 0 fully saturated rings. The Balaban J connectivity index is 2.61. The number of hydrogen-bond acceptors (Lipinski definition) is 3. The monoisotopic (exact) mass is 255 g/mol. The highest BCUT2D eigenvalue weighted by Gasteiger charge is 2.07. The predicted octanol–water partition coefficient (Wildman–Crippen LogP) is 4.31. The fraction of sp³-hybridized carbons (Fsp3) is 0.143. The summed E-state index contributed by atoms with van der Waals surface area (Å²) in [4.78, 5) is 2.84. The van der Waals surface area contributed by atoms with Crippen LogP contribution in [0.3, 0.4) is 0 Å². The molecule has 0 aliphatic heterocycles. The number of rotatable bonds is 4. The lowest BCUT2D eigenvalue weighted by atomic mass is 10.0. The van der Waals surface area contributed by atoms with Gasteiger partial charge in [-0.05, 0) is 28.8 Å². The van der Waals surface area contributed by atoms with E-state index < -0.39 is 0 Å². The minimum atomic E-state index is 0.570. The quantitative estimate of drug-likeness (QED) is 0.464. The van der Waals surface area contributed by atoms with Crippen molar-refractivity contribution in [3.05, 3.63) is 52.9 Å². The van der Waals surface area contributed by atoms with Crippen molar-refractivity contribution in [1.29, 1.82) is 0 Å². The summed E-state index contributed by atoms with van der Waals surface area (Å²) in [5.74, 6) is 1.37. The first kappa shape index (κ1) is 12.8. The Morgan fingerprint density at radius 3 is 2.21 bits per heavy atom. The van der Waals surface area contributed by atoms with Gasteiger partial charge in [0.05, 0.1) is 14.2 Å². The highest BCUT2D eigenvalue weighted by atomic mass is 16.5. The first-order chi connectivity index (χ1) is 9.28. The van der Waals surface area contributed by atoms with Crippen LogP contribution in [0, 0.1) is 0 Å². The smallest absolute Gasteiger partial charge is 0.123 e. The fourth-order valence-electron chi connectivity index (χ4n) is 1.82. The molecule has 0 unspecified atom stereocenters. The second-order valence-electron chi connectivity index (χ2n) is 3.81. The van der Waals surface area contributed by atoms with Gasteiger partial charge in [0.15, 0.2) is 0 Å². The Morgan fingerprint density at radius 2 is 1.63 bits per heavy atom. The molecule has 0 aromatic heterocycles. The molecule has 0 bridgehead atoms. The van der Waals surface area contributed by atoms with Gasteiger partial charge in [0, 0.05) is 16.7 Å². The third kappa shape index (κ3) is 2.78. The van der Waals surface area contributed by atoms with Gasteiger partial charge in [0.1, 0.15) is 11.5 Å². The summed E-state index contributed by atoms with van der Waals surface area (Å²) in [6.45, 7) is 0. The number of azide groups is 1. The molecule has 0 amide bonds. The summed E-state index contributed by atoms with van der Waals surface area (Å²) in [6.07, 6.45) is 0. The number of benzene rings is 2. The molecule has 0 spiro atoms. The van der Waals surface area contributed by atoms with E-state index in [1.807, 2.05) is 30.3 Å². The summed E-state index contributed by atoms with van der Waals surface area (Å²) in [5, 5.41) is 3.69. The van der Waals surface area contributed by atoms with E-state index in [1.165, 1.54) is 0 Å². The van der Waals surface area contributed by atoms with Gasteiger partial charge < -0.3 is 9.47 Å². The SMILES string of the molecule is COc1cc(OC)cc(-c2ccccc2N=[N+]=[N-])c1. The molecule has 0 heterocycles. The van der Waals surface area contributed by atoms with Crippen LogP contribution in [0.5, 0.6) is 11.5 Å². The zero-order chi connectivity index (χ0) is 13.7. The van der Waals surface area contributed by atoms with E-state index in [0.717, 1.165) is 11.1 Å². The maximum absolute atomic E-state index is 8.60. The topological polar surface area (TPSA) is 67.2 Å². The largest absolute Gasteiger partial charge is 0.497 e. The Labute approximate surface area is 111 Å². The minimum Gasteiger partial charge on any atom is -0.497 e. The van der Waals surface area contributed by atoms with Gasteiger partial charge in [-0.1, -0.05) is 29.4 Å². The van der Waals surface area contributed by atoms with Crippen LogP contribution in [0.2, 0.25) is 0 Å². The van der Waals surface area contributed by atoms with Crippen molar-refractivity contribution in [2.45, 2.75) is 0 Å². The molecule has 0 N–H and O–H groups in total. The highest BCUT2D eigenvalue weighted by Crippen LogP contribution is 2.35. The lowest BCUT2D eigenvalue weighted by Gasteiger charge is -2.10. The average molecular weight is 255 g/mol. The molecule has 0 aliphatic rings. The van der Waals surface area contributed by atoms with Gasteiger partial charge >= 0.3 is 0 Å². The normalized spacial score (nSPS) is 9.58. The Bertz CT molecular complexity index is 612. The van der Waals surface area contributed by atoms with Gasteiger partial charge in [-0.2, -0.15) is 0 Å². The fourth-order valence-corrected chi connectivity index (χ4v) is 1.82. The van der Waals surface area contributed by atoms with Crippen molar-refractivity contribution >= 4 is 5.69 Å². The van der Waals surface area contributed by atoms with Crippen LogP contribution in [0.1, 0.15) is 0 Å². The number of nitrogens with zero attached hydrogens (tertiary/aromatic N) is 3. The maximum Gasteiger partial charge on any atom is 0.123 e. The second kappa shape index (κ2) is 5.80. The number of methoxy groups -OCH3 is 2. The predicted molar refractivity (Wildman–Crippen MR) is 73.8 cm³/mol. The van der Waals surface area contributed by atoms with Crippen molar-refractivity contribution in [2.24, 2.45) is 5.11 Å². The Morgan fingerprint density at radius 1 is 1.00 bits per heavy atom. The van der Waals surface area contributed by atoms with Crippen molar-refractivity contribution in [3.63, 3.8) is 0 Å². The van der Waals surface area contributed by atoms with Crippen LogP contribution in [0.4, 0.5) is 5.69 Å². The zero-order valence-corrected chi connectivity index (χ0v) is 10.7. The first-order valence-corrected chi connectivity index (χ1v) is 5.66. The van der Waals surface area contributed by atoms with Crippen LogP contribution in [0.15, 0.2) is 47.6 Å². The summed E-state index contributed by atoms with van der Waals surface area (Å²) in [5.41, 5.74) is 10.9. The molecule has 0 atom stereocenters. The summed E-state index contributed by atoms with van der Waals surface area (Å²) >= 11 is 0. The molecule has 2 rings (SSSR count). The van der Waals surface area contributed by atoms with Crippen molar-refractivity contribution in [2.75, 3.05) is 14.2 Å². The van der Waals surface area contributed by atoms with E-state index in [4.69, 9.17) is 15.0 Å². The van der Waals surface area contributed by atoms with Gasteiger partial charge in [-0.3, -0.25) is 0 Å². The van der Waals surface area contributed by atoms with Gasteiger partial charge in [-0.15, -0.1) is 0 Å². The van der Waals surface area contributed by atoms with Crippen LogP contribution in [-0.2, 0) is 0 Å². The van der Waals surface area contributed by atoms with Crippen LogP contribution < -0.4 is 9.47 Å². The number of ether oxygens (including phenoxy) is 2. The van der Waals surface area contributed by atoms with E-state index in [1.54, 1.807) is 26.4 Å². The summed E-state index contributed by atoms with van der Waals surface area (Å²) in [6, 6.07) is 12.9. The molecular formula is C14H13N3O2. The van der Waals surface area contributed by atoms with Gasteiger partial charge in [0.25, 0.3) is 0 Å². The van der Waals surface area contributed by atoms with Crippen LogP contribution in [0.25, 0.3) is 21.6 Å². The third-order valence-corrected chi connectivity index (χ3v) is 2.72. The van der Waals surface area contributed by atoms with Gasteiger partial charge in [0.2, 0.25) is 0 Å².